The Labute approximate surface area is 98.1 Å². The number of rotatable bonds is 3. The van der Waals surface area contributed by atoms with Crippen LogP contribution in [0.3, 0.4) is 0 Å². The Balaban J connectivity index is 1.44. The van der Waals surface area contributed by atoms with Crippen molar-refractivity contribution in [2.45, 2.75) is 50.7 Å². The van der Waals surface area contributed by atoms with Gasteiger partial charge in [0.25, 0.3) is 0 Å². The fraction of sp³-hybridized carbons (Fsp3) is 0.857. The van der Waals surface area contributed by atoms with E-state index in [1.54, 1.807) is 0 Å². The molecule has 0 spiro atoms. The largest absolute Gasteiger partial charge is 0.393 e. The average Bonchev–Trinajstić information content (AvgIpc) is 2.88. The van der Waals surface area contributed by atoms with Gasteiger partial charge in [-0.1, -0.05) is 12.2 Å². The van der Waals surface area contributed by atoms with Crippen LogP contribution < -0.4 is 5.32 Å². The highest BCUT2D eigenvalue weighted by molar-refractivity contribution is 5.10. The van der Waals surface area contributed by atoms with E-state index in [1.807, 2.05) is 0 Å². The van der Waals surface area contributed by atoms with E-state index in [2.05, 4.69) is 17.5 Å². The summed E-state index contributed by atoms with van der Waals surface area (Å²) in [7, 11) is 0. The van der Waals surface area contributed by atoms with Gasteiger partial charge in [0.15, 0.2) is 0 Å². The number of aliphatic hydroxyl groups excluding tert-OH is 1. The number of hydrogen-bond acceptors (Lipinski definition) is 2. The Bertz CT molecular complexity index is 276. The molecule has 0 heterocycles. The summed E-state index contributed by atoms with van der Waals surface area (Å²) in [4.78, 5) is 0. The zero-order chi connectivity index (χ0) is 11.0. The molecule has 2 fully saturated rings. The smallest absolute Gasteiger partial charge is 0.0555 e. The fourth-order valence-corrected chi connectivity index (χ4v) is 3.80. The van der Waals surface area contributed by atoms with Crippen LogP contribution in [0.25, 0.3) is 0 Å². The van der Waals surface area contributed by atoms with Crippen LogP contribution in [0.5, 0.6) is 0 Å². The Morgan fingerprint density at radius 1 is 1.12 bits per heavy atom. The molecule has 0 saturated heterocycles. The molecule has 2 bridgehead atoms. The zero-order valence-electron chi connectivity index (χ0n) is 9.94. The summed E-state index contributed by atoms with van der Waals surface area (Å²) in [6.07, 6.45) is 12.0. The van der Waals surface area contributed by atoms with Crippen LogP contribution >= 0.6 is 0 Å². The Kier molecular flexibility index (Phi) is 3.03. The molecule has 0 aromatic rings. The third kappa shape index (κ3) is 2.18. The van der Waals surface area contributed by atoms with Gasteiger partial charge in [-0.25, -0.2) is 0 Å². The van der Waals surface area contributed by atoms with E-state index in [0.29, 0.717) is 6.04 Å². The first-order chi connectivity index (χ1) is 7.81. The molecule has 16 heavy (non-hydrogen) atoms. The number of allylic oxidation sites excluding steroid dienone is 2. The summed E-state index contributed by atoms with van der Waals surface area (Å²) in [5.74, 6) is 2.61. The van der Waals surface area contributed by atoms with Crippen LogP contribution in [0.1, 0.15) is 38.5 Å². The Hall–Kier alpha value is -0.340. The molecule has 5 unspecified atom stereocenters. The van der Waals surface area contributed by atoms with Crippen molar-refractivity contribution in [2.24, 2.45) is 17.8 Å². The number of nitrogens with one attached hydrogen (secondary N) is 1. The summed E-state index contributed by atoms with van der Waals surface area (Å²) < 4.78 is 0. The minimum Gasteiger partial charge on any atom is -0.393 e. The number of hydrogen-bond donors (Lipinski definition) is 2. The van der Waals surface area contributed by atoms with Gasteiger partial charge in [-0.05, 0) is 62.8 Å². The van der Waals surface area contributed by atoms with Crippen molar-refractivity contribution in [1.82, 2.24) is 5.32 Å². The first-order valence-electron chi connectivity index (χ1n) is 6.91. The van der Waals surface area contributed by atoms with Crippen LogP contribution in [-0.4, -0.2) is 23.8 Å². The minimum atomic E-state index is -0.0498. The SMILES string of the molecule is OC1CCCC(NCC2CC3C=CC2C3)C1. The molecule has 0 aliphatic heterocycles. The molecular weight excluding hydrogens is 198 g/mol. The van der Waals surface area contributed by atoms with E-state index in [9.17, 15) is 5.11 Å². The molecule has 0 radical (unpaired) electrons. The number of aliphatic hydroxyl groups is 1. The molecule has 2 nitrogen and oxygen atoms in total. The minimum absolute atomic E-state index is 0.0498. The van der Waals surface area contributed by atoms with Gasteiger partial charge in [0, 0.05) is 6.04 Å². The molecule has 3 aliphatic rings. The third-order valence-electron chi connectivity index (χ3n) is 4.73. The molecule has 2 saturated carbocycles. The Morgan fingerprint density at radius 3 is 2.75 bits per heavy atom. The molecule has 2 heteroatoms. The van der Waals surface area contributed by atoms with E-state index >= 15 is 0 Å². The Morgan fingerprint density at radius 2 is 2.06 bits per heavy atom. The maximum absolute atomic E-state index is 9.63. The van der Waals surface area contributed by atoms with Crippen molar-refractivity contribution in [3.63, 3.8) is 0 Å². The molecule has 5 atom stereocenters. The van der Waals surface area contributed by atoms with Crippen LogP contribution in [0.2, 0.25) is 0 Å². The quantitative estimate of drug-likeness (QED) is 0.715. The second kappa shape index (κ2) is 4.50. The molecule has 3 rings (SSSR count). The summed E-state index contributed by atoms with van der Waals surface area (Å²) in [5, 5.41) is 13.3. The summed E-state index contributed by atoms with van der Waals surface area (Å²) in [6, 6.07) is 0.576. The third-order valence-corrected chi connectivity index (χ3v) is 4.73. The lowest BCUT2D eigenvalue weighted by molar-refractivity contribution is 0.110. The van der Waals surface area contributed by atoms with E-state index < -0.39 is 0 Å². The van der Waals surface area contributed by atoms with Gasteiger partial charge in [-0.15, -0.1) is 0 Å². The normalized spacial score (nSPS) is 46.4. The van der Waals surface area contributed by atoms with E-state index in [4.69, 9.17) is 0 Å². The van der Waals surface area contributed by atoms with Gasteiger partial charge in [0.05, 0.1) is 6.10 Å². The van der Waals surface area contributed by atoms with E-state index in [-0.39, 0.29) is 6.10 Å². The molecule has 2 N–H and O–H groups in total. The van der Waals surface area contributed by atoms with Gasteiger partial charge in [0.2, 0.25) is 0 Å². The second-order valence-corrected chi connectivity index (χ2v) is 5.97. The molecular formula is C14H23NO. The molecule has 3 aliphatic carbocycles. The predicted octanol–water partition coefficient (Wildman–Crippen LogP) is 2.09. The lowest BCUT2D eigenvalue weighted by Crippen LogP contribution is -2.39. The second-order valence-electron chi connectivity index (χ2n) is 5.97. The zero-order valence-corrected chi connectivity index (χ0v) is 9.94. The van der Waals surface area contributed by atoms with Gasteiger partial charge >= 0.3 is 0 Å². The molecule has 0 amide bonds. The highest BCUT2D eigenvalue weighted by atomic mass is 16.3. The maximum Gasteiger partial charge on any atom is 0.0555 e. The average molecular weight is 221 g/mol. The van der Waals surface area contributed by atoms with Gasteiger partial charge in [-0.3, -0.25) is 0 Å². The lowest BCUT2D eigenvalue weighted by Gasteiger charge is -2.29. The van der Waals surface area contributed by atoms with Crippen molar-refractivity contribution >= 4 is 0 Å². The summed E-state index contributed by atoms with van der Waals surface area (Å²) in [6.45, 7) is 1.17. The van der Waals surface area contributed by atoms with Gasteiger partial charge < -0.3 is 10.4 Å². The monoisotopic (exact) mass is 221 g/mol. The molecule has 90 valence electrons. The van der Waals surface area contributed by atoms with Crippen LogP contribution in [0, 0.1) is 17.8 Å². The first-order valence-corrected chi connectivity index (χ1v) is 6.91. The summed E-state index contributed by atoms with van der Waals surface area (Å²) in [5.41, 5.74) is 0. The van der Waals surface area contributed by atoms with Crippen LogP contribution in [0.4, 0.5) is 0 Å². The van der Waals surface area contributed by atoms with Crippen molar-refractivity contribution in [3.05, 3.63) is 12.2 Å². The van der Waals surface area contributed by atoms with Crippen molar-refractivity contribution in [2.75, 3.05) is 6.54 Å². The van der Waals surface area contributed by atoms with Gasteiger partial charge in [0.1, 0.15) is 0 Å². The molecule has 0 aromatic carbocycles. The molecule has 0 aromatic heterocycles. The van der Waals surface area contributed by atoms with Crippen molar-refractivity contribution < 1.29 is 5.11 Å². The van der Waals surface area contributed by atoms with Crippen molar-refractivity contribution in [1.29, 1.82) is 0 Å². The number of fused-ring (bicyclic) bond motifs is 2. The van der Waals surface area contributed by atoms with Crippen LogP contribution in [-0.2, 0) is 0 Å². The van der Waals surface area contributed by atoms with Crippen LogP contribution in [0.15, 0.2) is 12.2 Å². The maximum atomic E-state index is 9.63. The van der Waals surface area contributed by atoms with E-state index in [1.165, 1.54) is 32.2 Å². The topological polar surface area (TPSA) is 32.3 Å². The van der Waals surface area contributed by atoms with E-state index in [0.717, 1.165) is 30.6 Å². The fourth-order valence-electron chi connectivity index (χ4n) is 3.80. The lowest BCUT2D eigenvalue weighted by atomic mass is 9.90. The standard InChI is InChI=1S/C14H23NO/c16-14-3-1-2-13(8-14)15-9-12-7-10-4-5-11(12)6-10/h4-5,10-16H,1-3,6-9H2. The summed E-state index contributed by atoms with van der Waals surface area (Å²) >= 11 is 0. The predicted molar refractivity (Wildman–Crippen MR) is 65.1 cm³/mol. The highest BCUT2D eigenvalue weighted by Crippen LogP contribution is 2.43. The van der Waals surface area contributed by atoms with Crippen molar-refractivity contribution in [3.8, 4) is 0 Å². The van der Waals surface area contributed by atoms with Gasteiger partial charge in [-0.2, -0.15) is 0 Å². The first kappa shape index (κ1) is 10.8. The highest BCUT2D eigenvalue weighted by Gasteiger charge is 2.35.